The van der Waals surface area contributed by atoms with Gasteiger partial charge in [0.25, 0.3) is 0 Å². The number of amides is 1. The van der Waals surface area contributed by atoms with E-state index in [0.717, 1.165) is 0 Å². The lowest BCUT2D eigenvalue weighted by atomic mass is 10.3. The Balaban J connectivity index is 3.87. The van der Waals surface area contributed by atoms with Crippen molar-refractivity contribution < 1.29 is 19.5 Å². The molecule has 1 atom stereocenters. The van der Waals surface area contributed by atoms with E-state index in [1.807, 2.05) is 0 Å². The molecule has 0 aliphatic heterocycles. The van der Waals surface area contributed by atoms with Crippen LogP contribution in [0.5, 0.6) is 0 Å². The summed E-state index contributed by atoms with van der Waals surface area (Å²) in [6.07, 6.45) is 0. The number of rotatable bonds is 5. The van der Waals surface area contributed by atoms with Crippen molar-refractivity contribution in [1.29, 1.82) is 0 Å². The number of carboxylic acids is 1. The van der Waals surface area contributed by atoms with Crippen LogP contribution in [0.1, 0.15) is 6.92 Å². The molecule has 0 rings (SSSR count). The summed E-state index contributed by atoms with van der Waals surface area (Å²) in [6, 6.07) is -0.956. The van der Waals surface area contributed by atoms with Crippen molar-refractivity contribution in [2.75, 3.05) is 13.7 Å². The fourth-order valence-electron chi connectivity index (χ4n) is 0.612. The van der Waals surface area contributed by atoms with Gasteiger partial charge in [-0.15, -0.1) is 0 Å². The number of aliphatic carboxylic acids is 1. The Morgan fingerprint density at radius 2 is 2.17 bits per heavy atom. The minimum absolute atomic E-state index is 0.0331. The molecule has 0 aliphatic carbocycles. The van der Waals surface area contributed by atoms with E-state index in [4.69, 9.17) is 5.11 Å². The molecule has 1 amide bonds. The van der Waals surface area contributed by atoms with Gasteiger partial charge in [0, 0.05) is 6.92 Å². The second-order valence-corrected chi connectivity index (χ2v) is 2.14. The van der Waals surface area contributed by atoms with Gasteiger partial charge >= 0.3 is 5.97 Å². The van der Waals surface area contributed by atoms with Crippen LogP contribution in [0.4, 0.5) is 0 Å². The summed E-state index contributed by atoms with van der Waals surface area (Å²) < 4.78 is 0. The Morgan fingerprint density at radius 3 is 2.50 bits per heavy atom. The number of carbonyl (C=O) groups excluding carboxylic acids is 1. The van der Waals surface area contributed by atoms with E-state index in [1.54, 1.807) is 0 Å². The van der Waals surface area contributed by atoms with Crippen LogP contribution in [0.2, 0.25) is 0 Å². The molecule has 3 N–H and O–H groups in total. The van der Waals surface area contributed by atoms with E-state index in [0.29, 0.717) is 0 Å². The second kappa shape index (κ2) is 5.50. The molecule has 0 fully saturated rings. The second-order valence-electron chi connectivity index (χ2n) is 2.14. The molecule has 0 saturated carbocycles. The van der Waals surface area contributed by atoms with E-state index in [2.05, 4.69) is 15.6 Å². The Labute approximate surface area is 69.8 Å². The van der Waals surface area contributed by atoms with Crippen LogP contribution in [0.25, 0.3) is 0 Å². The number of carboxylic acid groups (broad SMARTS) is 1. The minimum atomic E-state index is -1.10. The zero-order valence-electron chi connectivity index (χ0n) is 6.96. The maximum atomic E-state index is 10.5. The predicted molar refractivity (Wildman–Crippen MR) is 40.3 cm³/mol. The first-order chi connectivity index (χ1) is 5.57. The SMILES string of the molecule is CONCC(NC(C)=O)C(=O)O. The summed E-state index contributed by atoms with van der Waals surface area (Å²) in [7, 11) is 1.37. The average Bonchev–Trinajstić information content (AvgIpc) is 1.96. The van der Waals surface area contributed by atoms with Gasteiger partial charge in [0.2, 0.25) is 5.91 Å². The Hall–Kier alpha value is -1.14. The first kappa shape index (κ1) is 10.9. The highest BCUT2D eigenvalue weighted by Crippen LogP contribution is 1.81. The molecule has 0 aromatic carbocycles. The summed E-state index contributed by atoms with van der Waals surface area (Å²) >= 11 is 0. The van der Waals surface area contributed by atoms with Crippen molar-refractivity contribution in [1.82, 2.24) is 10.8 Å². The molecule has 0 aromatic heterocycles. The highest BCUT2D eigenvalue weighted by Gasteiger charge is 2.17. The number of hydroxylamine groups is 1. The van der Waals surface area contributed by atoms with Crippen molar-refractivity contribution in [3.8, 4) is 0 Å². The van der Waals surface area contributed by atoms with E-state index >= 15 is 0 Å². The lowest BCUT2D eigenvalue weighted by molar-refractivity contribution is -0.142. The predicted octanol–water partition coefficient (Wildman–Crippen LogP) is -1.27. The Morgan fingerprint density at radius 1 is 1.58 bits per heavy atom. The largest absolute Gasteiger partial charge is 0.480 e. The van der Waals surface area contributed by atoms with Crippen LogP contribution >= 0.6 is 0 Å². The normalized spacial score (nSPS) is 12.2. The molecule has 0 saturated heterocycles. The third-order valence-corrected chi connectivity index (χ3v) is 1.11. The quantitative estimate of drug-likeness (QED) is 0.454. The lowest BCUT2D eigenvalue weighted by Crippen LogP contribution is -2.46. The maximum Gasteiger partial charge on any atom is 0.327 e. The summed E-state index contributed by atoms with van der Waals surface area (Å²) in [5, 5.41) is 10.8. The van der Waals surface area contributed by atoms with Crippen LogP contribution in [-0.2, 0) is 14.4 Å². The van der Waals surface area contributed by atoms with E-state index < -0.39 is 12.0 Å². The van der Waals surface area contributed by atoms with Gasteiger partial charge in [-0.25, -0.2) is 10.3 Å². The van der Waals surface area contributed by atoms with Crippen molar-refractivity contribution in [3.05, 3.63) is 0 Å². The third kappa shape index (κ3) is 4.64. The zero-order chi connectivity index (χ0) is 9.56. The minimum Gasteiger partial charge on any atom is -0.480 e. The Kier molecular flexibility index (Phi) is 4.98. The van der Waals surface area contributed by atoms with Crippen LogP contribution in [0, 0.1) is 0 Å². The van der Waals surface area contributed by atoms with Crippen LogP contribution < -0.4 is 10.8 Å². The molecular weight excluding hydrogens is 164 g/mol. The topological polar surface area (TPSA) is 87.7 Å². The average molecular weight is 176 g/mol. The molecule has 0 radical (unpaired) electrons. The third-order valence-electron chi connectivity index (χ3n) is 1.11. The first-order valence-electron chi connectivity index (χ1n) is 3.33. The smallest absolute Gasteiger partial charge is 0.327 e. The molecule has 0 heterocycles. The monoisotopic (exact) mass is 176 g/mol. The van der Waals surface area contributed by atoms with Crippen LogP contribution in [-0.4, -0.2) is 36.7 Å². The fraction of sp³-hybridized carbons (Fsp3) is 0.667. The van der Waals surface area contributed by atoms with Gasteiger partial charge < -0.3 is 15.3 Å². The number of hydrogen-bond donors (Lipinski definition) is 3. The molecule has 0 bridgehead atoms. The van der Waals surface area contributed by atoms with Crippen LogP contribution in [0.3, 0.4) is 0 Å². The lowest BCUT2D eigenvalue weighted by Gasteiger charge is -2.12. The molecule has 12 heavy (non-hydrogen) atoms. The number of nitrogens with one attached hydrogen (secondary N) is 2. The van der Waals surface area contributed by atoms with Crippen LogP contribution in [0.15, 0.2) is 0 Å². The van der Waals surface area contributed by atoms with Gasteiger partial charge in [-0.05, 0) is 0 Å². The van der Waals surface area contributed by atoms with Gasteiger partial charge in [0.1, 0.15) is 6.04 Å². The molecule has 6 nitrogen and oxygen atoms in total. The summed E-state index contributed by atoms with van der Waals surface area (Å²) in [5.74, 6) is -1.49. The Bertz CT molecular complexity index is 171. The van der Waals surface area contributed by atoms with Gasteiger partial charge in [-0.1, -0.05) is 0 Å². The van der Waals surface area contributed by atoms with Crippen molar-refractivity contribution in [3.63, 3.8) is 0 Å². The van der Waals surface area contributed by atoms with Gasteiger partial charge in [-0.2, -0.15) is 0 Å². The highest BCUT2D eigenvalue weighted by molar-refractivity contribution is 5.82. The summed E-state index contributed by atoms with van der Waals surface area (Å²) in [5.41, 5.74) is 2.34. The number of carbonyl (C=O) groups is 2. The summed E-state index contributed by atoms with van der Waals surface area (Å²) in [6.45, 7) is 1.29. The summed E-state index contributed by atoms with van der Waals surface area (Å²) in [4.78, 5) is 25.3. The first-order valence-corrected chi connectivity index (χ1v) is 3.33. The molecule has 6 heteroatoms. The molecule has 70 valence electrons. The van der Waals surface area contributed by atoms with Crippen molar-refractivity contribution in [2.45, 2.75) is 13.0 Å². The molecule has 0 aromatic rings. The molecule has 0 aliphatic rings. The van der Waals surface area contributed by atoms with E-state index in [9.17, 15) is 9.59 Å². The zero-order valence-corrected chi connectivity index (χ0v) is 6.96. The molecule has 1 unspecified atom stereocenters. The van der Waals surface area contributed by atoms with Crippen molar-refractivity contribution in [2.24, 2.45) is 0 Å². The molecular formula is C6H12N2O4. The van der Waals surface area contributed by atoms with Gasteiger partial charge in [0.15, 0.2) is 0 Å². The number of hydrogen-bond acceptors (Lipinski definition) is 4. The van der Waals surface area contributed by atoms with Crippen molar-refractivity contribution >= 4 is 11.9 Å². The fourth-order valence-corrected chi connectivity index (χ4v) is 0.612. The van der Waals surface area contributed by atoms with E-state index in [-0.39, 0.29) is 12.5 Å². The van der Waals surface area contributed by atoms with Gasteiger partial charge in [-0.3, -0.25) is 4.79 Å². The highest BCUT2D eigenvalue weighted by atomic mass is 16.6. The standard InChI is InChI=1S/C6H12N2O4/c1-4(9)8-5(6(10)11)3-7-12-2/h5,7H,3H2,1-2H3,(H,8,9)(H,10,11). The van der Waals surface area contributed by atoms with Gasteiger partial charge in [0.05, 0.1) is 13.7 Å². The van der Waals surface area contributed by atoms with E-state index in [1.165, 1.54) is 14.0 Å². The maximum absolute atomic E-state index is 10.5. The molecule has 0 spiro atoms.